The maximum Gasteiger partial charge on any atom is 0.227 e. The average Bonchev–Trinajstić information content (AvgIpc) is 2.49. The molecule has 20 heavy (non-hydrogen) atoms. The topological polar surface area (TPSA) is 67.6 Å². The SMILES string of the molecule is CCC(CC)(CN)C(=O)NC1CCN(CCOC)CC1. The number of hydrogen-bond donors (Lipinski definition) is 2. The van der Waals surface area contributed by atoms with Crippen LogP contribution in [0.4, 0.5) is 0 Å². The summed E-state index contributed by atoms with van der Waals surface area (Å²) < 4.78 is 5.10. The van der Waals surface area contributed by atoms with Gasteiger partial charge in [0, 0.05) is 39.3 Å². The van der Waals surface area contributed by atoms with Crippen molar-refractivity contribution in [2.75, 3.05) is 39.9 Å². The molecule has 0 spiro atoms. The van der Waals surface area contributed by atoms with Crippen LogP contribution in [0, 0.1) is 5.41 Å². The summed E-state index contributed by atoms with van der Waals surface area (Å²) in [5.41, 5.74) is 5.45. The van der Waals surface area contributed by atoms with Crippen molar-refractivity contribution < 1.29 is 9.53 Å². The summed E-state index contributed by atoms with van der Waals surface area (Å²) >= 11 is 0. The predicted molar refractivity (Wildman–Crippen MR) is 81.6 cm³/mol. The Morgan fingerprint density at radius 2 is 1.95 bits per heavy atom. The van der Waals surface area contributed by atoms with E-state index in [0.717, 1.165) is 51.9 Å². The van der Waals surface area contributed by atoms with Crippen molar-refractivity contribution in [2.24, 2.45) is 11.1 Å². The lowest BCUT2D eigenvalue weighted by Crippen LogP contribution is -2.51. The first-order chi connectivity index (χ1) is 9.61. The van der Waals surface area contributed by atoms with Crippen LogP contribution >= 0.6 is 0 Å². The Hall–Kier alpha value is -0.650. The van der Waals surface area contributed by atoms with Crippen molar-refractivity contribution >= 4 is 5.91 Å². The van der Waals surface area contributed by atoms with E-state index < -0.39 is 0 Å². The maximum atomic E-state index is 12.5. The Bertz CT molecular complexity index is 277. The smallest absolute Gasteiger partial charge is 0.227 e. The van der Waals surface area contributed by atoms with E-state index in [1.54, 1.807) is 7.11 Å². The normalized spacial score (nSPS) is 18.2. The van der Waals surface area contributed by atoms with Crippen molar-refractivity contribution in [2.45, 2.75) is 45.6 Å². The zero-order valence-corrected chi connectivity index (χ0v) is 13.3. The molecular weight excluding hydrogens is 254 g/mol. The van der Waals surface area contributed by atoms with Gasteiger partial charge in [-0.15, -0.1) is 0 Å². The molecule has 0 aromatic heterocycles. The number of ether oxygens (including phenoxy) is 1. The number of nitrogens with two attached hydrogens (primary N) is 1. The largest absolute Gasteiger partial charge is 0.383 e. The fraction of sp³-hybridized carbons (Fsp3) is 0.933. The lowest BCUT2D eigenvalue weighted by molar-refractivity contribution is -0.132. The zero-order chi connectivity index (χ0) is 15.0. The van der Waals surface area contributed by atoms with Crippen LogP contribution in [-0.2, 0) is 9.53 Å². The summed E-state index contributed by atoms with van der Waals surface area (Å²) in [6, 6.07) is 0.297. The van der Waals surface area contributed by atoms with Gasteiger partial charge in [0.2, 0.25) is 5.91 Å². The van der Waals surface area contributed by atoms with Crippen LogP contribution in [0.3, 0.4) is 0 Å². The minimum absolute atomic E-state index is 0.139. The summed E-state index contributed by atoms with van der Waals surface area (Å²) in [5.74, 6) is 0.139. The first-order valence-electron chi connectivity index (χ1n) is 7.84. The van der Waals surface area contributed by atoms with Crippen molar-refractivity contribution in [1.29, 1.82) is 0 Å². The Morgan fingerprint density at radius 3 is 2.40 bits per heavy atom. The van der Waals surface area contributed by atoms with Crippen molar-refractivity contribution in [3.8, 4) is 0 Å². The van der Waals surface area contributed by atoms with E-state index >= 15 is 0 Å². The summed E-state index contributed by atoms with van der Waals surface area (Å²) in [4.78, 5) is 14.8. The number of likely N-dealkylation sites (tertiary alicyclic amines) is 1. The third-order valence-corrected chi connectivity index (χ3v) is 4.76. The highest BCUT2D eigenvalue weighted by Crippen LogP contribution is 2.25. The Balaban J connectivity index is 2.41. The molecule has 1 fully saturated rings. The van der Waals surface area contributed by atoms with Gasteiger partial charge in [-0.25, -0.2) is 0 Å². The molecule has 0 aromatic carbocycles. The number of rotatable bonds is 8. The van der Waals surface area contributed by atoms with Gasteiger partial charge in [-0.3, -0.25) is 4.79 Å². The van der Waals surface area contributed by atoms with Gasteiger partial charge < -0.3 is 20.7 Å². The lowest BCUT2D eigenvalue weighted by Gasteiger charge is -2.35. The molecule has 1 aliphatic rings. The average molecular weight is 285 g/mol. The molecular formula is C15H31N3O2. The van der Waals surface area contributed by atoms with Gasteiger partial charge in [0.1, 0.15) is 0 Å². The summed E-state index contributed by atoms with van der Waals surface area (Å²) in [6.07, 6.45) is 3.64. The maximum absolute atomic E-state index is 12.5. The van der Waals surface area contributed by atoms with Gasteiger partial charge in [-0.2, -0.15) is 0 Å². The van der Waals surface area contributed by atoms with Crippen molar-refractivity contribution in [1.82, 2.24) is 10.2 Å². The fourth-order valence-electron chi connectivity index (χ4n) is 2.81. The second-order valence-corrected chi connectivity index (χ2v) is 5.77. The van der Waals surface area contributed by atoms with Gasteiger partial charge in [0.25, 0.3) is 0 Å². The number of amides is 1. The molecule has 0 aromatic rings. The van der Waals surface area contributed by atoms with E-state index in [0.29, 0.717) is 12.6 Å². The number of piperidine rings is 1. The van der Waals surface area contributed by atoms with Crippen molar-refractivity contribution in [3.05, 3.63) is 0 Å². The fourth-order valence-corrected chi connectivity index (χ4v) is 2.81. The van der Waals surface area contributed by atoms with E-state index in [1.807, 2.05) is 13.8 Å². The minimum Gasteiger partial charge on any atom is -0.383 e. The molecule has 0 radical (unpaired) electrons. The molecule has 5 nitrogen and oxygen atoms in total. The minimum atomic E-state index is -0.382. The highest BCUT2D eigenvalue weighted by molar-refractivity contribution is 5.83. The van der Waals surface area contributed by atoms with Gasteiger partial charge in [0.15, 0.2) is 0 Å². The summed E-state index contributed by atoms with van der Waals surface area (Å²) in [7, 11) is 1.73. The standard InChI is InChI=1S/C15H31N3O2/c1-4-15(5-2,12-16)14(19)17-13-6-8-18(9-7-13)10-11-20-3/h13H,4-12,16H2,1-3H3,(H,17,19). The van der Waals surface area contributed by atoms with E-state index in [4.69, 9.17) is 10.5 Å². The van der Waals surface area contributed by atoms with Crippen LogP contribution < -0.4 is 11.1 Å². The van der Waals surface area contributed by atoms with Crippen LogP contribution in [-0.4, -0.2) is 56.7 Å². The van der Waals surface area contributed by atoms with Crippen LogP contribution in [0.1, 0.15) is 39.5 Å². The molecule has 3 N–H and O–H groups in total. The molecule has 0 unspecified atom stereocenters. The number of carbonyl (C=O) groups excluding carboxylic acids is 1. The van der Waals surface area contributed by atoms with E-state index in [9.17, 15) is 4.79 Å². The van der Waals surface area contributed by atoms with Gasteiger partial charge >= 0.3 is 0 Å². The number of methoxy groups -OCH3 is 1. The molecule has 5 heteroatoms. The van der Waals surface area contributed by atoms with Gasteiger partial charge in [-0.05, 0) is 25.7 Å². The zero-order valence-electron chi connectivity index (χ0n) is 13.3. The molecule has 0 atom stereocenters. The van der Waals surface area contributed by atoms with E-state index in [2.05, 4.69) is 10.2 Å². The van der Waals surface area contributed by atoms with Crippen LogP contribution in [0.5, 0.6) is 0 Å². The van der Waals surface area contributed by atoms with Crippen molar-refractivity contribution in [3.63, 3.8) is 0 Å². The molecule has 0 aliphatic carbocycles. The number of hydrogen-bond acceptors (Lipinski definition) is 4. The Morgan fingerprint density at radius 1 is 1.35 bits per heavy atom. The van der Waals surface area contributed by atoms with Crippen LogP contribution in [0.2, 0.25) is 0 Å². The predicted octanol–water partition coefficient (Wildman–Crippen LogP) is 0.979. The second kappa shape index (κ2) is 8.60. The number of nitrogens with zero attached hydrogens (tertiary/aromatic N) is 1. The highest BCUT2D eigenvalue weighted by atomic mass is 16.5. The van der Waals surface area contributed by atoms with E-state index in [-0.39, 0.29) is 11.3 Å². The van der Waals surface area contributed by atoms with Crippen LogP contribution in [0.15, 0.2) is 0 Å². The first-order valence-corrected chi connectivity index (χ1v) is 7.84. The third kappa shape index (κ3) is 4.43. The van der Waals surface area contributed by atoms with E-state index in [1.165, 1.54) is 0 Å². The highest BCUT2D eigenvalue weighted by Gasteiger charge is 2.34. The molecule has 1 rings (SSSR count). The first kappa shape index (κ1) is 17.4. The molecule has 118 valence electrons. The monoisotopic (exact) mass is 285 g/mol. The third-order valence-electron chi connectivity index (χ3n) is 4.76. The summed E-state index contributed by atoms with van der Waals surface area (Å²) in [5, 5.41) is 3.21. The molecule has 0 bridgehead atoms. The molecule has 1 heterocycles. The van der Waals surface area contributed by atoms with Gasteiger partial charge in [-0.1, -0.05) is 13.8 Å². The number of carbonyl (C=O) groups is 1. The van der Waals surface area contributed by atoms with Crippen LogP contribution in [0.25, 0.3) is 0 Å². The molecule has 1 saturated heterocycles. The number of nitrogens with one attached hydrogen (secondary N) is 1. The molecule has 0 saturated carbocycles. The van der Waals surface area contributed by atoms with Gasteiger partial charge in [0.05, 0.1) is 12.0 Å². The molecule has 1 aliphatic heterocycles. The Kier molecular flexibility index (Phi) is 7.48. The Labute approximate surface area is 123 Å². The summed E-state index contributed by atoms with van der Waals surface area (Å²) in [6.45, 7) is 8.34. The molecule has 1 amide bonds. The lowest BCUT2D eigenvalue weighted by atomic mass is 9.81. The second-order valence-electron chi connectivity index (χ2n) is 5.77. The quantitative estimate of drug-likeness (QED) is 0.697.